The Balaban J connectivity index is 1.74. The molecular weight excluding hydrogens is 397 g/mol. The van der Waals surface area contributed by atoms with E-state index in [2.05, 4.69) is 10.2 Å². The number of esters is 1. The van der Waals surface area contributed by atoms with E-state index in [9.17, 15) is 14.9 Å². The number of nitro groups is 1. The summed E-state index contributed by atoms with van der Waals surface area (Å²) in [5, 5.41) is 18.7. The van der Waals surface area contributed by atoms with E-state index in [-0.39, 0.29) is 33.1 Å². The third-order valence-corrected chi connectivity index (χ3v) is 4.39. The fourth-order valence-corrected chi connectivity index (χ4v) is 2.55. The van der Waals surface area contributed by atoms with E-state index in [4.69, 9.17) is 32.4 Å². The number of hydrogen-bond acceptors (Lipinski definition) is 7. The highest BCUT2D eigenvalue weighted by atomic mass is 35.5. The summed E-state index contributed by atoms with van der Waals surface area (Å²) in [6.07, 6.45) is -0.841. The maximum atomic E-state index is 12.3. The Labute approximate surface area is 162 Å². The molecular formula is C17H11Cl2N3O5. The second-order valence-corrected chi connectivity index (χ2v) is 6.18. The molecule has 8 nitrogen and oxygen atoms in total. The molecule has 3 rings (SSSR count). The largest absolute Gasteiger partial charge is 0.449 e. The normalized spacial score (nSPS) is 11.8. The summed E-state index contributed by atoms with van der Waals surface area (Å²) in [5.41, 5.74) is 0.557. The monoisotopic (exact) mass is 407 g/mol. The van der Waals surface area contributed by atoms with E-state index in [1.165, 1.54) is 30.3 Å². The first-order valence-corrected chi connectivity index (χ1v) is 8.35. The topological polar surface area (TPSA) is 108 Å². The molecule has 0 aliphatic heterocycles. The number of rotatable bonds is 5. The highest BCUT2D eigenvalue weighted by Gasteiger charge is 2.22. The third kappa shape index (κ3) is 4.07. The number of carbonyl (C=O) groups is 1. The zero-order valence-electron chi connectivity index (χ0n) is 13.8. The fourth-order valence-electron chi connectivity index (χ4n) is 2.18. The van der Waals surface area contributed by atoms with Gasteiger partial charge in [0.2, 0.25) is 5.89 Å². The molecule has 0 aliphatic carbocycles. The number of hydrogen-bond donors (Lipinski definition) is 0. The van der Waals surface area contributed by atoms with Gasteiger partial charge in [0.05, 0.1) is 20.5 Å². The molecule has 0 bridgehead atoms. The minimum atomic E-state index is -0.841. The van der Waals surface area contributed by atoms with Crippen LogP contribution in [0.3, 0.4) is 0 Å². The minimum absolute atomic E-state index is 0.0563. The van der Waals surface area contributed by atoms with Gasteiger partial charge in [-0.05, 0) is 31.2 Å². The van der Waals surface area contributed by atoms with Crippen LogP contribution in [0.15, 0.2) is 46.9 Å². The molecule has 0 saturated heterocycles. The minimum Gasteiger partial charge on any atom is -0.449 e. The first-order valence-electron chi connectivity index (χ1n) is 7.60. The summed E-state index contributed by atoms with van der Waals surface area (Å²) in [6, 6.07) is 10.2. The van der Waals surface area contributed by atoms with E-state index in [0.717, 1.165) is 0 Å². The number of benzene rings is 2. The van der Waals surface area contributed by atoms with Crippen LogP contribution in [0.4, 0.5) is 5.69 Å². The van der Waals surface area contributed by atoms with Gasteiger partial charge >= 0.3 is 5.97 Å². The van der Waals surface area contributed by atoms with E-state index < -0.39 is 17.0 Å². The maximum Gasteiger partial charge on any atom is 0.340 e. The molecule has 3 aromatic rings. The number of aromatic nitrogens is 2. The summed E-state index contributed by atoms with van der Waals surface area (Å²) in [7, 11) is 0. The van der Waals surface area contributed by atoms with Crippen LogP contribution < -0.4 is 0 Å². The first kappa shape index (κ1) is 18.8. The molecule has 0 N–H and O–H groups in total. The van der Waals surface area contributed by atoms with Crippen LogP contribution in [-0.4, -0.2) is 21.1 Å². The van der Waals surface area contributed by atoms with Gasteiger partial charge in [-0.15, -0.1) is 10.2 Å². The molecule has 138 valence electrons. The molecule has 0 aliphatic rings. The van der Waals surface area contributed by atoms with Gasteiger partial charge in [-0.3, -0.25) is 10.1 Å². The first-order chi connectivity index (χ1) is 12.9. The zero-order chi connectivity index (χ0) is 19.6. The van der Waals surface area contributed by atoms with Crippen molar-refractivity contribution in [2.45, 2.75) is 13.0 Å². The van der Waals surface area contributed by atoms with Gasteiger partial charge in [0, 0.05) is 17.7 Å². The second kappa shape index (κ2) is 7.73. The average molecular weight is 408 g/mol. The van der Waals surface area contributed by atoms with E-state index >= 15 is 0 Å². The van der Waals surface area contributed by atoms with E-state index in [1.54, 1.807) is 19.1 Å². The summed E-state index contributed by atoms with van der Waals surface area (Å²) in [5.74, 6) is -0.483. The predicted octanol–water partition coefficient (Wildman–Crippen LogP) is 4.87. The molecule has 0 unspecified atom stereocenters. The highest BCUT2D eigenvalue weighted by molar-refractivity contribution is 6.43. The number of non-ortho nitro benzene ring substituents is 1. The molecule has 0 saturated carbocycles. The lowest BCUT2D eigenvalue weighted by molar-refractivity contribution is -0.384. The van der Waals surface area contributed by atoms with Crippen LogP contribution >= 0.6 is 23.2 Å². The summed E-state index contributed by atoms with van der Waals surface area (Å²) in [6.45, 7) is 1.56. The van der Waals surface area contributed by atoms with Crippen LogP contribution in [0.2, 0.25) is 10.0 Å². The standard InChI is InChI=1S/C17H11Cl2N3O5/c1-9(26-17(23)12-3-2-4-13(18)14(12)19)15-20-21-16(27-15)10-5-7-11(8-6-10)22(24)25/h2-9H,1H3/t9-/m0/s1. The van der Waals surface area contributed by atoms with Crippen molar-refractivity contribution in [3.05, 3.63) is 74.1 Å². The molecule has 1 aromatic heterocycles. The third-order valence-electron chi connectivity index (χ3n) is 3.57. The van der Waals surface area contributed by atoms with Crippen molar-refractivity contribution in [3.8, 4) is 11.5 Å². The lowest BCUT2D eigenvalue weighted by atomic mass is 10.2. The molecule has 1 atom stereocenters. The Kier molecular flexibility index (Phi) is 5.38. The Morgan fingerprint density at radius 1 is 1.19 bits per heavy atom. The van der Waals surface area contributed by atoms with Crippen LogP contribution in [0.5, 0.6) is 0 Å². The number of nitro benzene ring substituents is 1. The molecule has 0 spiro atoms. The number of carbonyl (C=O) groups excluding carboxylic acids is 1. The molecule has 1 heterocycles. The van der Waals surface area contributed by atoms with Gasteiger partial charge in [-0.25, -0.2) is 4.79 Å². The summed E-state index contributed by atoms with van der Waals surface area (Å²) < 4.78 is 10.8. The Morgan fingerprint density at radius 3 is 2.56 bits per heavy atom. The number of halogens is 2. The Hall–Kier alpha value is -2.97. The van der Waals surface area contributed by atoms with Gasteiger partial charge in [-0.1, -0.05) is 29.3 Å². The van der Waals surface area contributed by atoms with Crippen LogP contribution in [-0.2, 0) is 4.74 Å². The second-order valence-electron chi connectivity index (χ2n) is 5.40. The van der Waals surface area contributed by atoms with Gasteiger partial charge in [0.25, 0.3) is 11.6 Å². The van der Waals surface area contributed by atoms with Crippen molar-refractivity contribution in [3.63, 3.8) is 0 Å². The van der Waals surface area contributed by atoms with E-state index in [0.29, 0.717) is 5.56 Å². The van der Waals surface area contributed by atoms with Crippen molar-refractivity contribution in [2.24, 2.45) is 0 Å². The highest BCUT2D eigenvalue weighted by Crippen LogP contribution is 2.28. The van der Waals surface area contributed by atoms with Gasteiger partial charge in [0.15, 0.2) is 6.10 Å². The Morgan fingerprint density at radius 2 is 1.89 bits per heavy atom. The lowest BCUT2D eigenvalue weighted by Crippen LogP contribution is -2.10. The molecule has 0 fully saturated rings. The SMILES string of the molecule is C[C@H](OC(=O)c1cccc(Cl)c1Cl)c1nnc(-c2ccc([N+](=O)[O-])cc2)o1. The molecule has 2 aromatic carbocycles. The quantitative estimate of drug-likeness (QED) is 0.337. The van der Waals surface area contributed by atoms with Gasteiger partial charge < -0.3 is 9.15 Å². The summed E-state index contributed by atoms with van der Waals surface area (Å²) >= 11 is 11.9. The molecule has 27 heavy (non-hydrogen) atoms. The van der Waals surface area contributed by atoms with Crippen LogP contribution in [0.25, 0.3) is 11.5 Å². The molecule has 0 amide bonds. The average Bonchev–Trinajstić information content (AvgIpc) is 3.14. The maximum absolute atomic E-state index is 12.3. The Bertz CT molecular complexity index is 1000. The van der Waals surface area contributed by atoms with Crippen molar-refractivity contribution in [1.82, 2.24) is 10.2 Å². The van der Waals surface area contributed by atoms with Gasteiger partial charge in [0.1, 0.15) is 0 Å². The summed E-state index contributed by atoms with van der Waals surface area (Å²) in [4.78, 5) is 22.4. The van der Waals surface area contributed by atoms with Crippen LogP contribution in [0, 0.1) is 10.1 Å². The number of nitrogens with zero attached hydrogens (tertiary/aromatic N) is 3. The molecule has 0 radical (unpaired) electrons. The number of ether oxygens (including phenoxy) is 1. The van der Waals surface area contributed by atoms with Crippen LogP contribution in [0.1, 0.15) is 29.3 Å². The fraction of sp³-hybridized carbons (Fsp3) is 0.118. The van der Waals surface area contributed by atoms with Crippen molar-refractivity contribution in [1.29, 1.82) is 0 Å². The van der Waals surface area contributed by atoms with Gasteiger partial charge in [-0.2, -0.15) is 0 Å². The lowest BCUT2D eigenvalue weighted by Gasteiger charge is -2.10. The van der Waals surface area contributed by atoms with Crippen molar-refractivity contribution < 1.29 is 18.9 Å². The van der Waals surface area contributed by atoms with Crippen molar-refractivity contribution >= 4 is 34.9 Å². The molecule has 10 heteroatoms. The smallest absolute Gasteiger partial charge is 0.340 e. The van der Waals surface area contributed by atoms with E-state index in [1.807, 2.05) is 0 Å². The van der Waals surface area contributed by atoms with Crippen molar-refractivity contribution in [2.75, 3.05) is 0 Å². The zero-order valence-corrected chi connectivity index (χ0v) is 15.3. The predicted molar refractivity (Wildman–Crippen MR) is 96.7 cm³/mol.